The minimum atomic E-state index is 0.341. The van der Waals surface area contributed by atoms with Crippen molar-refractivity contribution in [3.63, 3.8) is 0 Å². The van der Waals surface area contributed by atoms with Crippen LogP contribution in [0.4, 0.5) is 5.69 Å². The molecule has 19 heavy (non-hydrogen) atoms. The number of rotatable bonds is 4. The van der Waals surface area contributed by atoms with E-state index in [-0.39, 0.29) is 0 Å². The van der Waals surface area contributed by atoms with Gasteiger partial charge in [0, 0.05) is 23.7 Å². The van der Waals surface area contributed by atoms with Gasteiger partial charge in [-0.3, -0.25) is 0 Å². The Hall–Kier alpha value is -1.24. The Morgan fingerprint density at radius 2 is 2.32 bits per heavy atom. The summed E-state index contributed by atoms with van der Waals surface area (Å²) in [6, 6.07) is 8.58. The van der Waals surface area contributed by atoms with Crippen LogP contribution in [-0.2, 0) is 0 Å². The molecule has 0 amide bonds. The van der Waals surface area contributed by atoms with Crippen LogP contribution in [0.15, 0.2) is 18.2 Å². The van der Waals surface area contributed by atoms with Gasteiger partial charge in [0.25, 0.3) is 0 Å². The topological polar surface area (TPSA) is 39.1 Å². The Morgan fingerprint density at radius 3 is 2.89 bits per heavy atom. The summed E-state index contributed by atoms with van der Waals surface area (Å²) in [4.78, 5) is 2.27. The number of benzene rings is 1. The Morgan fingerprint density at radius 1 is 1.53 bits per heavy atom. The first-order valence-electron chi connectivity index (χ1n) is 6.81. The zero-order chi connectivity index (χ0) is 13.8. The fourth-order valence-corrected chi connectivity index (χ4v) is 2.74. The maximum absolute atomic E-state index is 9.27. The Bertz CT molecular complexity index is 473. The van der Waals surface area contributed by atoms with Crippen molar-refractivity contribution in [2.24, 2.45) is 0 Å². The molecule has 1 aliphatic rings. The van der Waals surface area contributed by atoms with Crippen molar-refractivity contribution in [2.75, 3.05) is 18.0 Å². The summed E-state index contributed by atoms with van der Waals surface area (Å²) in [5.74, 6) is 0. The van der Waals surface area contributed by atoms with Gasteiger partial charge in [-0.05, 0) is 51.4 Å². The van der Waals surface area contributed by atoms with E-state index < -0.39 is 0 Å². The molecule has 1 saturated heterocycles. The molecule has 1 fully saturated rings. The molecule has 1 heterocycles. The highest BCUT2D eigenvalue weighted by Gasteiger charge is 2.21. The quantitative estimate of drug-likeness (QED) is 0.919. The van der Waals surface area contributed by atoms with Crippen LogP contribution in [0.5, 0.6) is 0 Å². The van der Waals surface area contributed by atoms with E-state index in [1.807, 2.05) is 6.07 Å². The van der Waals surface area contributed by atoms with Crippen LogP contribution >= 0.6 is 11.6 Å². The molecule has 0 spiro atoms. The first kappa shape index (κ1) is 14.2. The van der Waals surface area contributed by atoms with Gasteiger partial charge in [0.15, 0.2) is 0 Å². The number of hydrogen-bond acceptors (Lipinski definition) is 3. The van der Waals surface area contributed by atoms with Gasteiger partial charge < -0.3 is 10.2 Å². The molecule has 0 saturated carbocycles. The standard InChI is InChI=1S/C15H20ClN3/c1-11(2)19(10-14-4-3-7-18-14)15-8-13(16)6-5-12(15)9-17/h5-6,8,11,14,18H,3-4,7,10H2,1-2H3. The Kier molecular flexibility index (Phi) is 4.68. The minimum absolute atomic E-state index is 0.341. The fraction of sp³-hybridized carbons (Fsp3) is 0.533. The molecule has 3 nitrogen and oxygen atoms in total. The normalized spacial score (nSPS) is 18.6. The zero-order valence-corrected chi connectivity index (χ0v) is 12.2. The third-order valence-electron chi connectivity index (χ3n) is 3.59. The molecule has 1 aliphatic heterocycles. The van der Waals surface area contributed by atoms with E-state index in [9.17, 15) is 5.26 Å². The van der Waals surface area contributed by atoms with E-state index in [1.54, 1.807) is 12.1 Å². The lowest BCUT2D eigenvalue weighted by Crippen LogP contribution is -2.41. The molecule has 1 atom stereocenters. The number of anilines is 1. The second-order valence-electron chi connectivity index (χ2n) is 5.31. The highest BCUT2D eigenvalue weighted by atomic mass is 35.5. The van der Waals surface area contributed by atoms with Crippen LogP contribution in [0.25, 0.3) is 0 Å². The van der Waals surface area contributed by atoms with E-state index in [0.29, 0.717) is 22.7 Å². The molecule has 0 aromatic heterocycles. The lowest BCUT2D eigenvalue weighted by atomic mass is 10.1. The van der Waals surface area contributed by atoms with Crippen molar-refractivity contribution in [3.8, 4) is 6.07 Å². The van der Waals surface area contributed by atoms with Gasteiger partial charge in [0.1, 0.15) is 6.07 Å². The summed E-state index contributed by atoms with van der Waals surface area (Å²) >= 11 is 6.09. The van der Waals surface area contributed by atoms with E-state index in [2.05, 4.69) is 30.1 Å². The third kappa shape index (κ3) is 3.40. The molecule has 0 bridgehead atoms. The van der Waals surface area contributed by atoms with Crippen molar-refractivity contribution in [1.82, 2.24) is 5.32 Å². The Labute approximate surface area is 120 Å². The van der Waals surface area contributed by atoms with Crippen molar-refractivity contribution in [1.29, 1.82) is 5.26 Å². The van der Waals surface area contributed by atoms with Crippen LogP contribution in [0.3, 0.4) is 0 Å². The van der Waals surface area contributed by atoms with Crippen LogP contribution < -0.4 is 10.2 Å². The average molecular weight is 278 g/mol. The van der Waals surface area contributed by atoms with Crippen molar-refractivity contribution in [2.45, 2.75) is 38.8 Å². The molecule has 102 valence electrons. The predicted octanol–water partition coefficient (Wildman–Crippen LogP) is 3.18. The molecule has 4 heteroatoms. The molecule has 2 rings (SSSR count). The monoisotopic (exact) mass is 277 g/mol. The summed E-state index contributed by atoms with van der Waals surface area (Å²) in [7, 11) is 0. The van der Waals surface area contributed by atoms with Crippen molar-refractivity contribution >= 4 is 17.3 Å². The van der Waals surface area contributed by atoms with E-state index in [1.165, 1.54) is 12.8 Å². The first-order valence-corrected chi connectivity index (χ1v) is 7.19. The molecular weight excluding hydrogens is 258 g/mol. The average Bonchev–Trinajstić information content (AvgIpc) is 2.88. The lowest BCUT2D eigenvalue weighted by Gasteiger charge is -2.32. The lowest BCUT2D eigenvalue weighted by molar-refractivity contribution is 0.552. The number of nitrogens with one attached hydrogen (secondary N) is 1. The molecule has 0 aliphatic carbocycles. The van der Waals surface area contributed by atoms with Gasteiger partial charge in [-0.25, -0.2) is 0 Å². The largest absolute Gasteiger partial charge is 0.366 e. The van der Waals surface area contributed by atoms with Crippen LogP contribution in [0, 0.1) is 11.3 Å². The van der Waals surface area contributed by atoms with Gasteiger partial charge in [-0.15, -0.1) is 0 Å². The van der Waals surface area contributed by atoms with Gasteiger partial charge in [-0.1, -0.05) is 11.6 Å². The Balaban J connectivity index is 2.27. The summed E-state index contributed by atoms with van der Waals surface area (Å²) in [5.41, 5.74) is 1.63. The predicted molar refractivity (Wildman–Crippen MR) is 79.7 cm³/mol. The van der Waals surface area contributed by atoms with Crippen molar-refractivity contribution < 1.29 is 0 Å². The maximum atomic E-state index is 9.27. The molecule has 1 aromatic rings. The molecule has 1 unspecified atom stereocenters. The zero-order valence-electron chi connectivity index (χ0n) is 11.5. The van der Waals surface area contributed by atoms with Crippen molar-refractivity contribution in [3.05, 3.63) is 28.8 Å². The summed E-state index contributed by atoms with van der Waals surface area (Å²) in [6.07, 6.45) is 2.43. The van der Waals surface area contributed by atoms with E-state index in [0.717, 1.165) is 18.8 Å². The number of hydrogen-bond donors (Lipinski definition) is 1. The summed E-state index contributed by atoms with van der Waals surface area (Å²) in [6.45, 7) is 6.32. The fourth-order valence-electron chi connectivity index (χ4n) is 2.57. The van der Waals surface area contributed by atoms with Gasteiger partial charge >= 0.3 is 0 Å². The third-order valence-corrected chi connectivity index (χ3v) is 3.83. The summed E-state index contributed by atoms with van der Waals surface area (Å²) < 4.78 is 0. The number of halogens is 1. The number of nitriles is 1. The molecule has 1 N–H and O–H groups in total. The van der Waals surface area contributed by atoms with Gasteiger partial charge in [0.2, 0.25) is 0 Å². The number of nitrogens with zero attached hydrogens (tertiary/aromatic N) is 2. The van der Waals surface area contributed by atoms with Crippen LogP contribution in [-0.4, -0.2) is 25.2 Å². The minimum Gasteiger partial charge on any atom is -0.366 e. The van der Waals surface area contributed by atoms with Gasteiger partial charge in [-0.2, -0.15) is 5.26 Å². The smallest absolute Gasteiger partial charge is 0.101 e. The first-order chi connectivity index (χ1) is 9.11. The van der Waals surface area contributed by atoms with E-state index >= 15 is 0 Å². The maximum Gasteiger partial charge on any atom is 0.101 e. The molecular formula is C15H20ClN3. The SMILES string of the molecule is CC(C)N(CC1CCCN1)c1cc(Cl)ccc1C#N. The second kappa shape index (κ2) is 6.27. The second-order valence-corrected chi connectivity index (χ2v) is 5.75. The highest BCUT2D eigenvalue weighted by molar-refractivity contribution is 6.30. The van der Waals surface area contributed by atoms with Gasteiger partial charge in [0.05, 0.1) is 11.3 Å². The molecule has 0 radical (unpaired) electrons. The van der Waals surface area contributed by atoms with Crippen LogP contribution in [0.2, 0.25) is 5.02 Å². The molecule has 1 aromatic carbocycles. The van der Waals surface area contributed by atoms with E-state index in [4.69, 9.17) is 11.6 Å². The highest BCUT2D eigenvalue weighted by Crippen LogP contribution is 2.27. The summed E-state index contributed by atoms with van der Waals surface area (Å²) in [5, 5.41) is 13.5. The van der Waals surface area contributed by atoms with Crippen LogP contribution in [0.1, 0.15) is 32.3 Å².